The lowest BCUT2D eigenvalue weighted by Gasteiger charge is -2.13. The van der Waals surface area contributed by atoms with Crippen molar-refractivity contribution in [3.05, 3.63) is 59.7 Å². The van der Waals surface area contributed by atoms with Gasteiger partial charge in [0, 0.05) is 5.56 Å². The van der Waals surface area contributed by atoms with Gasteiger partial charge in [0.15, 0.2) is 0 Å². The molecule has 1 atom stereocenters. The van der Waals surface area contributed by atoms with Crippen LogP contribution in [0.25, 0.3) is 0 Å². The number of ether oxygens (including phenoxy) is 2. The molecule has 0 saturated carbocycles. The van der Waals surface area contributed by atoms with E-state index < -0.39 is 11.9 Å². The number of amides is 2. The highest BCUT2D eigenvalue weighted by molar-refractivity contribution is 5.89. The molecule has 7 heteroatoms. The van der Waals surface area contributed by atoms with Gasteiger partial charge in [0.2, 0.25) is 5.91 Å². The van der Waals surface area contributed by atoms with E-state index in [1.807, 2.05) is 50.2 Å². The van der Waals surface area contributed by atoms with Crippen LogP contribution in [-0.2, 0) is 16.0 Å². The summed E-state index contributed by atoms with van der Waals surface area (Å²) in [7, 11) is 1.58. The summed E-state index contributed by atoms with van der Waals surface area (Å²) in [5.41, 5.74) is 4.02. The van der Waals surface area contributed by atoms with Crippen LogP contribution in [0.15, 0.2) is 53.6 Å². The smallest absolute Gasteiger partial charge is 0.262 e. The number of benzene rings is 2. The summed E-state index contributed by atoms with van der Waals surface area (Å²) in [6.07, 6.45) is 1.71. The highest BCUT2D eigenvalue weighted by atomic mass is 16.5. The molecular formula is C22H27N3O4. The van der Waals surface area contributed by atoms with Crippen molar-refractivity contribution in [2.24, 2.45) is 5.10 Å². The Balaban J connectivity index is 1.85. The van der Waals surface area contributed by atoms with Gasteiger partial charge >= 0.3 is 0 Å². The highest BCUT2D eigenvalue weighted by Gasteiger charge is 2.15. The molecule has 1 unspecified atom stereocenters. The molecule has 0 spiro atoms. The van der Waals surface area contributed by atoms with Gasteiger partial charge in [0.05, 0.1) is 25.8 Å². The Bertz CT molecular complexity index is 847. The molecular weight excluding hydrogens is 370 g/mol. The van der Waals surface area contributed by atoms with Crippen LogP contribution in [0.1, 0.15) is 31.9 Å². The van der Waals surface area contributed by atoms with Crippen molar-refractivity contribution in [1.82, 2.24) is 10.7 Å². The average molecular weight is 397 g/mol. The first-order chi connectivity index (χ1) is 13.9. The van der Waals surface area contributed by atoms with Gasteiger partial charge in [0.1, 0.15) is 17.5 Å². The van der Waals surface area contributed by atoms with Crippen molar-refractivity contribution in [2.45, 2.75) is 39.3 Å². The molecule has 0 radical (unpaired) electrons. The molecule has 0 bridgehead atoms. The first-order valence-corrected chi connectivity index (χ1v) is 9.40. The maximum atomic E-state index is 12.2. The molecule has 0 heterocycles. The van der Waals surface area contributed by atoms with Crippen LogP contribution >= 0.6 is 0 Å². The Hall–Kier alpha value is -3.35. The van der Waals surface area contributed by atoms with Gasteiger partial charge in [-0.3, -0.25) is 9.59 Å². The summed E-state index contributed by atoms with van der Waals surface area (Å²) >= 11 is 0. The van der Waals surface area contributed by atoms with Crippen LogP contribution < -0.4 is 20.2 Å². The monoisotopic (exact) mass is 397 g/mol. The fourth-order valence-electron chi connectivity index (χ4n) is 2.50. The highest BCUT2D eigenvalue weighted by Crippen LogP contribution is 2.17. The molecule has 0 aliphatic carbocycles. The molecule has 0 fully saturated rings. The number of carbonyl (C=O) groups is 2. The standard InChI is InChI=1S/C22H27N3O4/c1-15(2)29-20-8-6-5-7-18(20)14-23-25-22(27)16(3)24-21(26)13-17-9-11-19(28-4)12-10-17/h5-12,14-16H,13H2,1-4H3,(H,24,26)(H,25,27). The Morgan fingerprint density at radius 3 is 2.41 bits per heavy atom. The van der Waals surface area contributed by atoms with Crippen molar-refractivity contribution in [3.8, 4) is 11.5 Å². The van der Waals surface area contributed by atoms with E-state index in [4.69, 9.17) is 9.47 Å². The number of nitrogens with one attached hydrogen (secondary N) is 2. The van der Waals surface area contributed by atoms with Gasteiger partial charge in [-0.25, -0.2) is 5.43 Å². The van der Waals surface area contributed by atoms with Crippen molar-refractivity contribution < 1.29 is 19.1 Å². The summed E-state index contributed by atoms with van der Waals surface area (Å²) in [5, 5.41) is 6.63. The van der Waals surface area contributed by atoms with Gasteiger partial charge in [-0.15, -0.1) is 0 Å². The zero-order valence-corrected chi connectivity index (χ0v) is 17.1. The van der Waals surface area contributed by atoms with E-state index in [2.05, 4.69) is 15.8 Å². The SMILES string of the molecule is COc1ccc(CC(=O)NC(C)C(=O)NN=Cc2ccccc2OC(C)C)cc1. The number of hydrogen-bond acceptors (Lipinski definition) is 5. The van der Waals surface area contributed by atoms with Crippen LogP contribution in [0, 0.1) is 0 Å². The number of hydrazone groups is 1. The summed E-state index contributed by atoms with van der Waals surface area (Å²) in [4.78, 5) is 24.3. The molecule has 2 N–H and O–H groups in total. The minimum Gasteiger partial charge on any atom is -0.497 e. The van der Waals surface area contributed by atoms with E-state index in [0.29, 0.717) is 5.75 Å². The third kappa shape index (κ3) is 7.29. The van der Waals surface area contributed by atoms with E-state index in [1.165, 1.54) is 6.21 Å². The van der Waals surface area contributed by atoms with Crippen LogP contribution in [0.5, 0.6) is 11.5 Å². The van der Waals surface area contributed by atoms with E-state index in [1.54, 1.807) is 26.2 Å². The van der Waals surface area contributed by atoms with Gasteiger partial charge < -0.3 is 14.8 Å². The predicted octanol–water partition coefficient (Wildman–Crippen LogP) is 2.68. The fourth-order valence-corrected chi connectivity index (χ4v) is 2.50. The number of methoxy groups -OCH3 is 1. The van der Waals surface area contributed by atoms with Crippen molar-refractivity contribution >= 4 is 18.0 Å². The zero-order chi connectivity index (χ0) is 21.2. The van der Waals surface area contributed by atoms with E-state index in [9.17, 15) is 9.59 Å². The van der Waals surface area contributed by atoms with Crippen LogP contribution in [0.2, 0.25) is 0 Å². The first kappa shape index (κ1) is 21.9. The minimum absolute atomic E-state index is 0.0278. The molecule has 7 nitrogen and oxygen atoms in total. The zero-order valence-electron chi connectivity index (χ0n) is 17.1. The Morgan fingerprint density at radius 1 is 1.07 bits per heavy atom. The first-order valence-electron chi connectivity index (χ1n) is 9.40. The fraction of sp³-hybridized carbons (Fsp3) is 0.318. The van der Waals surface area contributed by atoms with Gasteiger partial charge in [-0.2, -0.15) is 5.10 Å². The van der Waals surface area contributed by atoms with Gasteiger partial charge in [0.25, 0.3) is 5.91 Å². The van der Waals surface area contributed by atoms with Crippen molar-refractivity contribution in [3.63, 3.8) is 0 Å². The Morgan fingerprint density at radius 2 is 1.76 bits per heavy atom. The molecule has 0 aromatic heterocycles. The topological polar surface area (TPSA) is 89.0 Å². The molecule has 29 heavy (non-hydrogen) atoms. The van der Waals surface area contributed by atoms with Gasteiger partial charge in [-0.1, -0.05) is 24.3 Å². The number of para-hydroxylation sites is 1. The predicted molar refractivity (Wildman–Crippen MR) is 112 cm³/mol. The molecule has 2 aromatic rings. The molecule has 2 aromatic carbocycles. The lowest BCUT2D eigenvalue weighted by molar-refractivity contribution is -0.128. The number of nitrogens with zero attached hydrogens (tertiary/aromatic N) is 1. The van der Waals surface area contributed by atoms with Crippen LogP contribution in [0.4, 0.5) is 0 Å². The third-order valence-electron chi connectivity index (χ3n) is 3.95. The average Bonchev–Trinajstić information content (AvgIpc) is 2.69. The summed E-state index contributed by atoms with van der Waals surface area (Å²) < 4.78 is 10.8. The van der Waals surface area contributed by atoms with Crippen molar-refractivity contribution in [1.29, 1.82) is 0 Å². The number of hydrogen-bond donors (Lipinski definition) is 2. The van der Waals surface area contributed by atoms with E-state index in [0.717, 1.165) is 16.9 Å². The van der Waals surface area contributed by atoms with Crippen molar-refractivity contribution in [2.75, 3.05) is 7.11 Å². The van der Waals surface area contributed by atoms with E-state index in [-0.39, 0.29) is 18.4 Å². The van der Waals surface area contributed by atoms with E-state index >= 15 is 0 Å². The molecule has 2 rings (SSSR count). The quantitative estimate of drug-likeness (QED) is 0.503. The second-order valence-corrected chi connectivity index (χ2v) is 6.75. The normalized spacial score (nSPS) is 11.9. The number of rotatable bonds is 9. The van der Waals surface area contributed by atoms with Crippen LogP contribution in [-0.4, -0.2) is 37.3 Å². The maximum absolute atomic E-state index is 12.2. The lowest BCUT2D eigenvalue weighted by atomic mass is 10.1. The number of carbonyl (C=O) groups excluding carboxylic acids is 2. The van der Waals surface area contributed by atoms with Crippen LogP contribution in [0.3, 0.4) is 0 Å². The second-order valence-electron chi connectivity index (χ2n) is 6.75. The summed E-state index contributed by atoms with van der Waals surface area (Å²) in [6, 6.07) is 13.9. The molecule has 0 aliphatic heterocycles. The minimum atomic E-state index is -0.722. The third-order valence-corrected chi connectivity index (χ3v) is 3.95. The second kappa shape index (κ2) is 10.8. The Kier molecular flexibility index (Phi) is 8.21. The largest absolute Gasteiger partial charge is 0.497 e. The Labute approximate surface area is 171 Å². The lowest BCUT2D eigenvalue weighted by Crippen LogP contribution is -2.43. The maximum Gasteiger partial charge on any atom is 0.262 e. The molecule has 2 amide bonds. The molecule has 0 aliphatic rings. The summed E-state index contributed by atoms with van der Waals surface area (Å²) in [6.45, 7) is 5.48. The molecule has 154 valence electrons. The van der Waals surface area contributed by atoms with Gasteiger partial charge in [-0.05, 0) is 50.6 Å². The summed E-state index contributed by atoms with van der Waals surface area (Å²) in [5.74, 6) is 0.741. The molecule has 0 saturated heterocycles.